The van der Waals surface area contributed by atoms with Gasteiger partial charge < -0.3 is 10.2 Å². The van der Waals surface area contributed by atoms with E-state index in [4.69, 9.17) is 4.99 Å². The van der Waals surface area contributed by atoms with Gasteiger partial charge in [-0.1, -0.05) is 6.07 Å². The Labute approximate surface area is 137 Å². The fourth-order valence-electron chi connectivity index (χ4n) is 2.74. The van der Waals surface area contributed by atoms with Crippen LogP contribution in [0.4, 0.5) is 0 Å². The number of hydrogen-bond acceptors (Lipinski definition) is 6. The molecular formula is C15H18N2O3S2. The summed E-state index contributed by atoms with van der Waals surface area (Å²) in [4.78, 5) is 17.8. The summed E-state index contributed by atoms with van der Waals surface area (Å²) in [5.41, 5.74) is 1.77. The predicted octanol–water partition coefficient (Wildman–Crippen LogP) is 2.02. The number of carbonyl (C=O) groups is 1. The van der Waals surface area contributed by atoms with Crippen LogP contribution >= 0.6 is 23.5 Å². The molecule has 2 heterocycles. The highest BCUT2D eigenvalue weighted by molar-refractivity contribution is 8.14. The van der Waals surface area contributed by atoms with E-state index in [1.807, 2.05) is 31.0 Å². The van der Waals surface area contributed by atoms with Crippen molar-refractivity contribution in [2.45, 2.75) is 24.4 Å². The summed E-state index contributed by atoms with van der Waals surface area (Å²) >= 11 is 3.27. The van der Waals surface area contributed by atoms with Crippen molar-refractivity contribution in [3.8, 4) is 5.75 Å². The molecule has 3 rings (SSSR count). The summed E-state index contributed by atoms with van der Waals surface area (Å²) in [6.45, 7) is 1.94. The molecule has 22 heavy (non-hydrogen) atoms. The van der Waals surface area contributed by atoms with E-state index in [1.165, 1.54) is 0 Å². The predicted molar refractivity (Wildman–Crippen MR) is 91.1 cm³/mol. The van der Waals surface area contributed by atoms with Crippen molar-refractivity contribution >= 4 is 34.5 Å². The first kappa shape index (κ1) is 15.7. The fourth-order valence-corrected chi connectivity index (χ4v) is 5.50. The average molecular weight is 338 g/mol. The lowest BCUT2D eigenvalue weighted by Gasteiger charge is -2.24. The molecule has 2 N–H and O–H groups in total. The molecule has 0 bridgehead atoms. The number of aliphatic imine (C=N–C) groups is 1. The maximum atomic E-state index is 11.2. The number of aryl methyl sites for hydroxylation is 1. The molecule has 2 aliphatic heterocycles. The molecular weight excluding hydrogens is 320 g/mol. The van der Waals surface area contributed by atoms with Crippen LogP contribution in [0.3, 0.4) is 0 Å². The summed E-state index contributed by atoms with van der Waals surface area (Å²) in [5, 5.41) is 20.2. The van der Waals surface area contributed by atoms with Crippen molar-refractivity contribution < 1.29 is 15.0 Å². The second kappa shape index (κ2) is 6.14. The second-order valence-electron chi connectivity index (χ2n) is 5.58. The third kappa shape index (κ3) is 2.85. The number of aromatic hydroxyl groups is 1. The van der Waals surface area contributed by atoms with Gasteiger partial charge in [-0.05, 0) is 31.7 Å². The summed E-state index contributed by atoms with van der Waals surface area (Å²) in [6, 6.07) is 5.21. The summed E-state index contributed by atoms with van der Waals surface area (Å²) in [7, 11) is 1.85. The highest BCUT2D eigenvalue weighted by Gasteiger charge is 2.41. The van der Waals surface area contributed by atoms with Gasteiger partial charge in [-0.15, -0.1) is 23.5 Å². The molecule has 1 fully saturated rings. The number of rotatable bonds is 3. The zero-order valence-corrected chi connectivity index (χ0v) is 14.0. The zero-order valence-electron chi connectivity index (χ0n) is 12.4. The van der Waals surface area contributed by atoms with Gasteiger partial charge in [0.15, 0.2) is 0 Å². The number of nitrogens with zero attached hydrogens (tertiary/aromatic N) is 2. The van der Waals surface area contributed by atoms with Gasteiger partial charge in [0.2, 0.25) is 0 Å². The minimum Gasteiger partial charge on any atom is -0.507 e. The van der Waals surface area contributed by atoms with Crippen LogP contribution in [0, 0.1) is 6.92 Å². The molecule has 5 nitrogen and oxygen atoms in total. The normalized spacial score (nSPS) is 28.8. The molecule has 0 aliphatic carbocycles. The largest absolute Gasteiger partial charge is 0.507 e. The Morgan fingerprint density at radius 3 is 2.82 bits per heavy atom. The molecule has 1 aromatic rings. The maximum absolute atomic E-state index is 11.2. The first-order chi connectivity index (χ1) is 10.5. The van der Waals surface area contributed by atoms with Gasteiger partial charge in [-0.25, -0.2) is 0 Å². The molecule has 3 atom stereocenters. The number of hydrogen-bond donors (Lipinski definition) is 2. The quantitative estimate of drug-likeness (QED) is 0.878. The Balaban J connectivity index is 1.79. The van der Waals surface area contributed by atoms with E-state index in [1.54, 1.807) is 29.6 Å². The topological polar surface area (TPSA) is 73.1 Å². The zero-order chi connectivity index (χ0) is 15.9. The van der Waals surface area contributed by atoms with Crippen LogP contribution < -0.4 is 0 Å². The van der Waals surface area contributed by atoms with Gasteiger partial charge in [0.05, 0.1) is 11.4 Å². The molecule has 0 saturated carbocycles. The van der Waals surface area contributed by atoms with Crippen molar-refractivity contribution in [3.63, 3.8) is 0 Å². The van der Waals surface area contributed by atoms with E-state index in [9.17, 15) is 15.0 Å². The van der Waals surface area contributed by atoms with Crippen LogP contribution in [0.5, 0.6) is 5.75 Å². The number of thioether (sulfide) groups is 2. The summed E-state index contributed by atoms with van der Waals surface area (Å²) in [5.74, 6) is 0.890. The van der Waals surface area contributed by atoms with Crippen molar-refractivity contribution in [2.75, 3.05) is 18.6 Å². The molecule has 1 aromatic carbocycles. The highest BCUT2D eigenvalue weighted by atomic mass is 32.2. The highest BCUT2D eigenvalue weighted by Crippen LogP contribution is 2.37. The van der Waals surface area contributed by atoms with Gasteiger partial charge in [0.1, 0.15) is 16.8 Å². The molecule has 0 aromatic heterocycles. The SMILES string of the molecule is Cc1ccc(C2=N[C@H]([C@H]3SC[C@H](C(=O)O)N3C)CS2)c(O)c1. The van der Waals surface area contributed by atoms with Gasteiger partial charge in [0.25, 0.3) is 0 Å². The van der Waals surface area contributed by atoms with E-state index >= 15 is 0 Å². The van der Waals surface area contributed by atoms with Crippen molar-refractivity contribution in [2.24, 2.45) is 4.99 Å². The van der Waals surface area contributed by atoms with E-state index in [0.29, 0.717) is 5.75 Å². The number of phenols is 1. The van der Waals surface area contributed by atoms with Gasteiger partial charge in [0, 0.05) is 17.1 Å². The van der Waals surface area contributed by atoms with E-state index in [-0.39, 0.29) is 17.2 Å². The van der Waals surface area contributed by atoms with E-state index < -0.39 is 12.0 Å². The minimum absolute atomic E-state index is 0.0556. The third-order valence-electron chi connectivity index (χ3n) is 3.99. The molecule has 0 radical (unpaired) electrons. The number of carboxylic acids is 1. The molecule has 0 unspecified atom stereocenters. The van der Waals surface area contributed by atoms with Gasteiger partial charge in [-0.2, -0.15) is 0 Å². The second-order valence-corrected chi connectivity index (χ2v) is 7.73. The van der Waals surface area contributed by atoms with Crippen molar-refractivity contribution in [1.82, 2.24) is 4.90 Å². The van der Waals surface area contributed by atoms with Crippen LogP contribution in [0.15, 0.2) is 23.2 Å². The molecule has 1 saturated heterocycles. The van der Waals surface area contributed by atoms with Crippen LogP contribution in [0.25, 0.3) is 0 Å². The lowest BCUT2D eigenvalue weighted by molar-refractivity contribution is -0.141. The smallest absolute Gasteiger partial charge is 0.321 e. The number of aliphatic carboxylic acids is 1. The van der Waals surface area contributed by atoms with Crippen LogP contribution in [0.1, 0.15) is 11.1 Å². The number of carboxylic acid groups (broad SMARTS) is 1. The number of phenolic OH excluding ortho intramolecular Hbond substituents is 1. The van der Waals surface area contributed by atoms with E-state index in [0.717, 1.165) is 21.9 Å². The Morgan fingerprint density at radius 2 is 2.18 bits per heavy atom. The summed E-state index contributed by atoms with van der Waals surface area (Å²) < 4.78 is 0. The Bertz CT molecular complexity index is 635. The Kier molecular flexibility index (Phi) is 4.38. The molecule has 118 valence electrons. The molecule has 7 heteroatoms. The average Bonchev–Trinajstić information content (AvgIpc) is 3.05. The van der Waals surface area contributed by atoms with Gasteiger partial charge >= 0.3 is 5.97 Å². The van der Waals surface area contributed by atoms with Crippen LogP contribution in [-0.4, -0.2) is 62.1 Å². The lowest BCUT2D eigenvalue weighted by Crippen LogP contribution is -2.42. The first-order valence-corrected chi connectivity index (χ1v) is 9.07. The summed E-state index contributed by atoms with van der Waals surface area (Å²) in [6.07, 6.45) is 0. The Morgan fingerprint density at radius 1 is 1.41 bits per heavy atom. The number of benzene rings is 1. The van der Waals surface area contributed by atoms with Crippen LogP contribution in [0.2, 0.25) is 0 Å². The fraction of sp³-hybridized carbons (Fsp3) is 0.467. The number of likely N-dealkylation sites (N-methyl/N-ethyl adjacent to an activating group) is 1. The lowest BCUT2D eigenvalue weighted by atomic mass is 10.1. The molecule has 0 spiro atoms. The van der Waals surface area contributed by atoms with Gasteiger partial charge in [-0.3, -0.25) is 14.7 Å². The van der Waals surface area contributed by atoms with Crippen molar-refractivity contribution in [3.05, 3.63) is 29.3 Å². The van der Waals surface area contributed by atoms with Crippen molar-refractivity contribution in [1.29, 1.82) is 0 Å². The first-order valence-electron chi connectivity index (χ1n) is 7.04. The van der Waals surface area contributed by atoms with Crippen LogP contribution in [-0.2, 0) is 4.79 Å². The standard InChI is InChI=1S/C15H18N2O3S2/c1-8-3-4-9(12(18)5-8)13-16-10(6-21-13)14-17(2)11(7-22-14)15(19)20/h3-5,10-11,14,18H,6-7H2,1-2H3,(H,19,20)/t10-,11+,14+/m0/s1. The molecule has 2 aliphatic rings. The molecule has 0 amide bonds. The third-order valence-corrected chi connectivity index (χ3v) is 6.59. The van der Waals surface area contributed by atoms with E-state index in [2.05, 4.69) is 0 Å². The maximum Gasteiger partial charge on any atom is 0.321 e. The monoisotopic (exact) mass is 338 g/mol. The minimum atomic E-state index is -0.775. The Hall–Kier alpha value is -1.18.